The highest BCUT2D eigenvalue weighted by atomic mass is 16.1. The van der Waals surface area contributed by atoms with Crippen LogP contribution in [0.15, 0.2) is 0 Å². The molecule has 0 spiro atoms. The molecule has 1 fully saturated rings. The first-order chi connectivity index (χ1) is 5.00. The predicted molar refractivity (Wildman–Crippen MR) is 45.3 cm³/mol. The van der Waals surface area contributed by atoms with Gasteiger partial charge in [-0.25, -0.2) is 0 Å². The van der Waals surface area contributed by atoms with Crippen LogP contribution in [0.25, 0.3) is 0 Å². The Labute approximate surface area is 68.8 Å². The number of hydrogen-bond acceptors (Lipinski definition) is 1. The van der Waals surface area contributed by atoms with E-state index in [1.807, 2.05) is 0 Å². The van der Waals surface area contributed by atoms with Crippen LogP contribution in [-0.4, -0.2) is 37.5 Å². The standard InChI is InChI=1S/C9H18NO/c1-10(2,3)8-4-6-9(11)7-5-8/h8H,4-7H2,1-3H3/q+1. The lowest BCUT2D eigenvalue weighted by Crippen LogP contribution is -2.46. The van der Waals surface area contributed by atoms with Crippen LogP contribution in [0.5, 0.6) is 0 Å². The third-order valence-electron chi connectivity index (χ3n) is 2.61. The van der Waals surface area contributed by atoms with E-state index in [0.29, 0.717) is 11.8 Å². The van der Waals surface area contributed by atoms with E-state index in [-0.39, 0.29) is 0 Å². The summed E-state index contributed by atoms with van der Waals surface area (Å²) in [6.45, 7) is 0. The predicted octanol–water partition coefficient (Wildman–Crippen LogP) is 1.20. The summed E-state index contributed by atoms with van der Waals surface area (Å²) >= 11 is 0. The smallest absolute Gasteiger partial charge is 0.133 e. The van der Waals surface area contributed by atoms with Crippen LogP contribution >= 0.6 is 0 Å². The number of carbonyl (C=O) groups is 1. The highest BCUT2D eigenvalue weighted by Gasteiger charge is 2.28. The maximum absolute atomic E-state index is 10.9. The molecule has 0 atom stereocenters. The van der Waals surface area contributed by atoms with Crippen molar-refractivity contribution in [1.82, 2.24) is 0 Å². The fourth-order valence-electron chi connectivity index (χ4n) is 1.70. The van der Waals surface area contributed by atoms with Crippen molar-refractivity contribution in [2.75, 3.05) is 21.1 Å². The molecule has 1 aliphatic carbocycles. The van der Waals surface area contributed by atoms with Crippen molar-refractivity contribution >= 4 is 5.78 Å². The van der Waals surface area contributed by atoms with Crippen LogP contribution in [0, 0.1) is 0 Å². The Kier molecular flexibility index (Phi) is 2.33. The second kappa shape index (κ2) is 2.94. The van der Waals surface area contributed by atoms with Crippen LogP contribution in [-0.2, 0) is 4.79 Å². The van der Waals surface area contributed by atoms with E-state index in [9.17, 15) is 4.79 Å². The molecule has 0 saturated heterocycles. The maximum Gasteiger partial charge on any atom is 0.133 e. The molecule has 0 radical (unpaired) electrons. The molecule has 1 saturated carbocycles. The van der Waals surface area contributed by atoms with Gasteiger partial charge in [0.05, 0.1) is 27.2 Å². The molecule has 0 heterocycles. The molecule has 0 aromatic carbocycles. The fourth-order valence-corrected chi connectivity index (χ4v) is 1.70. The van der Waals surface area contributed by atoms with Crippen LogP contribution in [0.1, 0.15) is 25.7 Å². The minimum absolute atomic E-state index is 0.453. The number of rotatable bonds is 1. The van der Waals surface area contributed by atoms with Gasteiger partial charge in [-0.05, 0) is 0 Å². The molecule has 2 heteroatoms. The van der Waals surface area contributed by atoms with Crippen molar-refractivity contribution in [3.05, 3.63) is 0 Å². The molecule has 0 bridgehead atoms. The fraction of sp³-hybridized carbons (Fsp3) is 0.889. The molecule has 0 N–H and O–H groups in total. The molecule has 0 aromatic rings. The summed E-state index contributed by atoms with van der Waals surface area (Å²) in [6, 6.07) is 0.702. The van der Waals surface area contributed by atoms with Crippen LogP contribution < -0.4 is 0 Å². The summed E-state index contributed by atoms with van der Waals surface area (Å²) in [6.07, 6.45) is 3.78. The third kappa shape index (κ3) is 2.29. The number of carbonyl (C=O) groups excluding carboxylic acids is 1. The Morgan fingerprint density at radius 3 is 2.00 bits per heavy atom. The SMILES string of the molecule is C[N+](C)(C)C1CCC(=O)CC1. The van der Waals surface area contributed by atoms with Gasteiger partial charge in [0, 0.05) is 25.7 Å². The van der Waals surface area contributed by atoms with E-state index in [4.69, 9.17) is 0 Å². The topological polar surface area (TPSA) is 17.1 Å². The minimum atomic E-state index is 0.453. The number of Topliss-reactive ketones (excluding diaryl/α,β-unsaturated/α-hetero) is 1. The molecule has 0 aromatic heterocycles. The van der Waals surface area contributed by atoms with Crippen molar-refractivity contribution in [2.24, 2.45) is 0 Å². The maximum atomic E-state index is 10.9. The van der Waals surface area contributed by atoms with Gasteiger partial charge in [-0.3, -0.25) is 4.79 Å². The number of quaternary nitrogens is 1. The average Bonchev–Trinajstić information content (AvgIpc) is 1.86. The Morgan fingerprint density at radius 1 is 1.18 bits per heavy atom. The number of ketones is 1. The highest BCUT2D eigenvalue weighted by Crippen LogP contribution is 2.21. The van der Waals surface area contributed by atoms with Crippen LogP contribution in [0.2, 0.25) is 0 Å². The lowest BCUT2D eigenvalue weighted by Gasteiger charge is -2.36. The van der Waals surface area contributed by atoms with Gasteiger partial charge in [-0.1, -0.05) is 0 Å². The number of nitrogens with zero attached hydrogens (tertiary/aromatic N) is 1. The monoisotopic (exact) mass is 156 g/mol. The molecule has 11 heavy (non-hydrogen) atoms. The van der Waals surface area contributed by atoms with Gasteiger partial charge < -0.3 is 4.48 Å². The van der Waals surface area contributed by atoms with Gasteiger partial charge in [-0.2, -0.15) is 0 Å². The quantitative estimate of drug-likeness (QED) is 0.521. The zero-order chi connectivity index (χ0) is 8.48. The normalized spacial score (nSPS) is 22.3. The highest BCUT2D eigenvalue weighted by molar-refractivity contribution is 5.79. The summed E-state index contributed by atoms with van der Waals surface area (Å²) in [5, 5.41) is 0. The van der Waals surface area contributed by atoms with Crippen molar-refractivity contribution < 1.29 is 9.28 Å². The van der Waals surface area contributed by atoms with Gasteiger partial charge in [0.1, 0.15) is 5.78 Å². The van der Waals surface area contributed by atoms with Crippen LogP contribution in [0.4, 0.5) is 0 Å². The van der Waals surface area contributed by atoms with Gasteiger partial charge >= 0.3 is 0 Å². The first-order valence-corrected chi connectivity index (χ1v) is 4.33. The Hall–Kier alpha value is -0.370. The van der Waals surface area contributed by atoms with Gasteiger partial charge in [0.2, 0.25) is 0 Å². The minimum Gasteiger partial charge on any atom is -0.328 e. The molecule has 0 unspecified atom stereocenters. The van der Waals surface area contributed by atoms with E-state index in [1.54, 1.807) is 0 Å². The molecule has 1 rings (SSSR count). The van der Waals surface area contributed by atoms with Gasteiger partial charge in [0.15, 0.2) is 0 Å². The molecule has 0 aliphatic heterocycles. The first kappa shape index (κ1) is 8.72. The number of hydrogen-bond donors (Lipinski definition) is 0. The summed E-state index contributed by atoms with van der Waals surface area (Å²) < 4.78 is 1.01. The van der Waals surface area contributed by atoms with E-state index in [0.717, 1.165) is 30.2 Å². The van der Waals surface area contributed by atoms with Crippen molar-refractivity contribution in [2.45, 2.75) is 31.7 Å². The molecule has 0 amide bonds. The van der Waals surface area contributed by atoms with E-state index < -0.39 is 0 Å². The Morgan fingerprint density at radius 2 is 1.64 bits per heavy atom. The molecular formula is C9H18NO+. The second-order valence-corrected chi connectivity index (χ2v) is 4.39. The summed E-state index contributed by atoms with van der Waals surface area (Å²) in [7, 11) is 6.63. The summed E-state index contributed by atoms with van der Waals surface area (Å²) in [4.78, 5) is 10.9. The molecule has 64 valence electrons. The Bertz CT molecular complexity index is 147. The van der Waals surface area contributed by atoms with Crippen molar-refractivity contribution in [1.29, 1.82) is 0 Å². The van der Waals surface area contributed by atoms with E-state index in [2.05, 4.69) is 21.1 Å². The first-order valence-electron chi connectivity index (χ1n) is 4.33. The van der Waals surface area contributed by atoms with Crippen molar-refractivity contribution in [3.63, 3.8) is 0 Å². The van der Waals surface area contributed by atoms with Crippen molar-refractivity contribution in [3.8, 4) is 0 Å². The molecule has 1 aliphatic rings. The lowest BCUT2D eigenvalue weighted by atomic mass is 9.92. The zero-order valence-electron chi connectivity index (χ0n) is 7.76. The van der Waals surface area contributed by atoms with E-state index in [1.165, 1.54) is 0 Å². The lowest BCUT2D eigenvalue weighted by molar-refractivity contribution is -0.897. The van der Waals surface area contributed by atoms with Crippen LogP contribution in [0.3, 0.4) is 0 Å². The summed E-state index contributed by atoms with van der Waals surface area (Å²) in [5.41, 5.74) is 0. The molecular weight excluding hydrogens is 138 g/mol. The molecule has 2 nitrogen and oxygen atoms in total. The average molecular weight is 156 g/mol. The van der Waals surface area contributed by atoms with E-state index >= 15 is 0 Å². The third-order valence-corrected chi connectivity index (χ3v) is 2.61. The largest absolute Gasteiger partial charge is 0.328 e. The van der Waals surface area contributed by atoms with Gasteiger partial charge in [-0.15, -0.1) is 0 Å². The van der Waals surface area contributed by atoms with Gasteiger partial charge in [0.25, 0.3) is 0 Å². The summed E-state index contributed by atoms with van der Waals surface area (Å²) in [5.74, 6) is 0.453. The zero-order valence-corrected chi connectivity index (χ0v) is 7.76. The second-order valence-electron chi connectivity index (χ2n) is 4.39. The Balaban J connectivity index is 2.45.